The van der Waals surface area contributed by atoms with Gasteiger partial charge in [0.1, 0.15) is 23.9 Å². The van der Waals surface area contributed by atoms with E-state index in [1.807, 2.05) is 62.4 Å². The van der Waals surface area contributed by atoms with Crippen molar-refractivity contribution in [3.8, 4) is 11.5 Å². The van der Waals surface area contributed by atoms with E-state index in [2.05, 4.69) is 10.2 Å². The van der Waals surface area contributed by atoms with Gasteiger partial charge in [-0.25, -0.2) is 0 Å². The van der Waals surface area contributed by atoms with Crippen molar-refractivity contribution in [2.24, 2.45) is 0 Å². The Labute approximate surface area is 285 Å². The molecular formula is C36H30ClN3O5S2. The van der Waals surface area contributed by atoms with E-state index >= 15 is 0 Å². The molecule has 238 valence electrons. The number of aliphatic hydroxyl groups is 1. The smallest absolute Gasteiger partial charge is 0.301 e. The minimum Gasteiger partial charge on any atom is -0.507 e. The number of anilines is 1. The zero-order valence-electron chi connectivity index (χ0n) is 25.6. The van der Waals surface area contributed by atoms with Crippen molar-refractivity contribution in [3.05, 3.63) is 135 Å². The van der Waals surface area contributed by atoms with Crippen LogP contribution in [0.25, 0.3) is 5.76 Å². The second-order valence-corrected chi connectivity index (χ2v) is 13.3. The second kappa shape index (κ2) is 14.4. The molecule has 0 saturated carbocycles. The zero-order chi connectivity index (χ0) is 32.9. The molecule has 6 rings (SSSR count). The number of hydrogen-bond donors (Lipinski definition) is 1. The quantitative estimate of drug-likeness (QED) is 0.0487. The van der Waals surface area contributed by atoms with Crippen LogP contribution in [0.2, 0.25) is 5.02 Å². The number of amides is 1. The third-order valence-corrected chi connectivity index (χ3v) is 9.99. The molecule has 1 amide bonds. The molecule has 0 spiro atoms. The number of nitrogens with zero attached hydrogens (tertiary/aromatic N) is 3. The van der Waals surface area contributed by atoms with Crippen molar-refractivity contribution in [2.75, 3.05) is 11.5 Å². The normalized spacial score (nSPS) is 15.6. The number of halogens is 1. The van der Waals surface area contributed by atoms with Gasteiger partial charge in [-0.05, 0) is 84.6 Å². The Balaban J connectivity index is 1.30. The van der Waals surface area contributed by atoms with E-state index < -0.39 is 17.7 Å². The fraction of sp³-hybridized carbons (Fsp3) is 0.167. The van der Waals surface area contributed by atoms with Crippen LogP contribution in [0.1, 0.15) is 40.8 Å². The Morgan fingerprint density at radius 2 is 1.60 bits per heavy atom. The van der Waals surface area contributed by atoms with Crippen molar-refractivity contribution in [2.45, 2.75) is 36.6 Å². The number of rotatable bonds is 11. The van der Waals surface area contributed by atoms with Crippen molar-refractivity contribution in [1.29, 1.82) is 0 Å². The van der Waals surface area contributed by atoms with Crippen LogP contribution in [0.5, 0.6) is 11.5 Å². The lowest BCUT2D eigenvalue weighted by atomic mass is 9.95. The maximum Gasteiger partial charge on any atom is 0.301 e. The molecule has 1 fully saturated rings. The molecule has 1 saturated heterocycles. The van der Waals surface area contributed by atoms with Crippen LogP contribution >= 0.6 is 34.7 Å². The first-order valence-corrected chi connectivity index (χ1v) is 17.0. The standard InChI is InChI=1S/C36H30ClN3O5S2/c1-3-44-28-16-10-24(11-17-28)31-30(32(41)25-12-18-29(19-13-25)45-20-26-7-5-4-6-22(26)2)33(42)34(43)40(31)35-38-39-36(47-35)46-21-23-8-14-27(37)15-9-23/h4-19,31,41H,3,20-21H2,1-2H3. The molecule has 1 aliphatic rings. The number of aryl methyl sites for hydroxylation is 1. The summed E-state index contributed by atoms with van der Waals surface area (Å²) in [7, 11) is 0. The molecule has 8 nitrogen and oxygen atoms in total. The molecule has 1 unspecified atom stereocenters. The fourth-order valence-corrected chi connectivity index (χ4v) is 7.09. The molecule has 5 aromatic rings. The van der Waals surface area contributed by atoms with Gasteiger partial charge in [-0.1, -0.05) is 83.2 Å². The maximum atomic E-state index is 13.6. The predicted molar refractivity (Wildman–Crippen MR) is 185 cm³/mol. The number of benzene rings is 4. The number of carbonyl (C=O) groups is 2. The van der Waals surface area contributed by atoms with Gasteiger partial charge < -0.3 is 14.6 Å². The van der Waals surface area contributed by atoms with Gasteiger partial charge in [0.15, 0.2) is 4.34 Å². The molecule has 47 heavy (non-hydrogen) atoms. The summed E-state index contributed by atoms with van der Waals surface area (Å²) in [6.07, 6.45) is 0. The van der Waals surface area contributed by atoms with Crippen LogP contribution in [0.3, 0.4) is 0 Å². The number of hydrogen-bond acceptors (Lipinski definition) is 9. The summed E-state index contributed by atoms with van der Waals surface area (Å²) in [4.78, 5) is 28.6. The highest BCUT2D eigenvalue weighted by Gasteiger charge is 2.48. The summed E-state index contributed by atoms with van der Waals surface area (Å²) in [6.45, 7) is 4.80. The monoisotopic (exact) mass is 683 g/mol. The van der Waals surface area contributed by atoms with Crippen LogP contribution < -0.4 is 14.4 Å². The molecule has 1 aromatic heterocycles. The summed E-state index contributed by atoms with van der Waals surface area (Å²) in [5, 5.41) is 21.1. The number of ketones is 1. The number of Topliss-reactive ketones (excluding diaryl/α,β-unsaturated/α-hetero) is 1. The Bertz CT molecular complexity index is 1930. The number of aliphatic hydroxyl groups excluding tert-OH is 1. The van der Waals surface area contributed by atoms with Gasteiger partial charge in [0.2, 0.25) is 5.13 Å². The minimum atomic E-state index is -0.940. The summed E-state index contributed by atoms with van der Waals surface area (Å²) in [5.74, 6) is -0.0348. The molecule has 1 N–H and O–H groups in total. The summed E-state index contributed by atoms with van der Waals surface area (Å²) in [6, 6.07) is 28.4. The molecule has 1 aliphatic heterocycles. The van der Waals surface area contributed by atoms with Crippen LogP contribution in [-0.4, -0.2) is 33.6 Å². The Morgan fingerprint density at radius 1 is 0.915 bits per heavy atom. The molecular weight excluding hydrogens is 654 g/mol. The number of carbonyl (C=O) groups excluding carboxylic acids is 2. The molecule has 11 heteroatoms. The van der Waals surface area contributed by atoms with E-state index in [-0.39, 0.29) is 16.5 Å². The highest BCUT2D eigenvalue weighted by molar-refractivity contribution is 8.00. The predicted octanol–water partition coefficient (Wildman–Crippen LogP) is 8.40. The van der Waals surface area contributed by atoms with Gasteiger partial charge >= 0.3 is 5.91 Å². The van der Waals surface area contributed by atoms with E-state index in [1.165, 1.54) is 28.0 Å². The van der Waals surface area contributed by atoms with Gasteiger partial charge in [0, 0.05) is 16.3 Å². The molecule has 0 bridgehead atoms. The maximum absolute atomic E-state index is 13.6. The van der Waals surface area contributed by atoms with Crippen LogP contribution in [-0.2, 0) is 21.9 Å². The number of ether oxygens (including phenoxy) is 2. The van der Waals surface area contributed by atoms with Crippen LogP contribution in [0.4, 0.5) is 5.13 Å². The second-order valence-electron chi connectivity index (χ2n) is 10.7. The molecule has 2 heterocycles. The SMILES string of the molecule is CCOc1ccc(C2C(=C(O)c3ccc(OCc4ccccc4C)cc3)C(=O)C(=O)N2c2nnc(SCc3ccc(Cl)cc3)s2)cc1. The van der Waals surface area contributed by atoms with Gasteiger partial charge in [0.05, 0.1) is 18.2 Å². The van der Waals surface area contributed by atoms with Crippen molar-refractivity contribution in [1.82, 2.24) is 10.2 Å². The van der Waals surface area contributed by atoms with E-state index in [9.17, 15) is 14.7 Å². The van der Waals surface area contributed by atoms with Crippen molar-refractivity contribution >= 4 is 57.3 Å². The van der Waals surface area contributed by atoms with Crippen molar-refractivity contribution < 1.29 is 24.2 Å². The molecule has 0 aliphatic carbocycles. The first-order valence-electron chi connectivity index (χ1n) is 14.8. The number of thioether (sulfide) groups is 1. The third-order valence-electron chi connectivity index (χ3n) is 7.61. The highest BCUT2D eigenvalue weighted by atomic mass is 35.5. The first-order chi connectivity index (χ1) is 22.8. The molecule has 0 radical (unpaired) electrons. The van der Waals surface area contributed by atoms with E-state index in [0.29, 0.717) is 51.0 Å². The number of aromatic nitrogens is 2. The first kappa shape index (κ1) is 32.3. The topological polar surface area (TPSA) is 102 Å². The van der Waals surface area contributed by atoms with E-state index in [0.717, 1.165) is 16.7 Å². The van der Waals surface area contributed by atoms with Gasteiger partial charge in [-0.3, -0.25) is 14.5 Å². The summed E-state index contributed by atoms with van der Waals surface area (Å²) in [5.41, 5.74) is 4.19. The average Bonchev–Trinajstić information content (AvgIpc) is 3.66. The van der Waals surface area contributed by atoms with Gasteiger partial charge in [-0.2, -0.15) is 0 Å². The Kier molecular flexibility index (Phi) is 9.91. The average molecular weight is 684 g/mol. The van der Waals surface area contributed by atoms with Gasteiger partial charge in [0.25, 0.3) is 5.78 Å². The van der Waals surface area contributed by atoms with E-state index in [4.69, 9.17) is 21.1 Å². The van der Waals surface area contributed by atoms with Crippen molar-refractivity contribution in [3.63, 3.8) is 0 Å². The largest absolute Gasteiger partial charge is 0.507 e. The zero-order valence-corrected chi connectivity index (χ0v) is 27.9. The lowest BCUT2D eigenvalue weighted by Gasteiger charge is -2.22. The minimum absolute atomic E-state index is 0.0432. The van der Waals surface area contributed by atoms with Crippen LogP contribution in [0.15, 0.2) is 107 Å². The molecule has 4 aromatic carbocycles. The summed E-state index contributed by atoms with van der Waals surface area (Å²) >= 11 is 8.68. The Morgan fingerprint density at radius 3 is 2.30 bits per heavy atom. The summed E-state index contributed by atoms with van der Waals surface area (Å²) < 4.78 is 12.2. The Hall–Kier alpha value is -4.64. The van der Waals surface area contributed by atoms with E-state index in [1.54, 1.807) is 48.5 Å². The molecule has 1 atom stereocenters. The lowest BCUT2D eigenvalue weighted by molar-refractivity contribution is -0.132. The highest BCUT2D eigenvalue weighted by Crippen LogP contribution is 2.44. The third kappa shape index (κ3) is 7.20. The van der Waals surface area contributed by atoms with Crippen LogP contribution in [0, 0.1) is 6.92 Å². The lowest BCUT2D eigenvalue weighted by Crippen LogP contribution is -2.29. The van der Waals surface area contributed by atoms with Gasteiger partial charge in [-0.15, -0.1) is 10.2 Å². The fourth-order valence-electron chi connectivity index (χ4n) is 5.14.